The number of benzene rings is 1. The molecule has 1 atom stereocenters. The zero-order chi connectivity index (χ0) is 14.0. The summed E-state index contributed by atoms with van der Waals surface area (Å²) >= 11 is 10.2. The summed E-state index contributed by atoms with van der Waals surface area (Å²) in [5, 5.41) is 23.1. The molecule has 0 radical (unpaired) electrons. The Hall–Kier alpha value is 0.340. The van der Waals surface area contributed by atoms with E-state index in [1.807, 2.05) is 0 Å². The van der Waals surface area contributed by atoms with E-state index in [4.69, 9.17) is 0 Å². The summed E-state index contributed by atoms with van der Waals surface area (Å²) in [7, 11) is 0. The Morgan fingerprint density at radius 2 is 1.84 bits per heavy atom. The molecule has 0 bridgehead atoms. The van der Waals surface area contributed by atoms with Gasteiger partial charge in [0.15, 0.2) is 0 Å². The Morgan fingerprint density at radius 3 is 2.42 bits per heavy atom. The summed E-state index contributed by atoms with van der Waals surface area (Å²) in [5.74, 6) is 0.159. The van der Waals surface area contributed by atoms with Crippen LogP contribution in [0, 0.1) is 0 Å². The van der Waals surface area contributed by atoms with Crippen molar-refractivity contribution < 1.29 is 10.2 Å². The van der Waals surface area contributed by atoms with Gasteiger partial charge in [0.05, 0.1) is 21.6 Å². The number of phenolic OH excluding ortho intramolecular Hbond substituents is 1. The van der Waals surface area contributed by atoms with Gasteiger partial charge in [-0.1, -0.05) is 15.9 Å². The lowest BCUT2D eigenvalue weighted by atomic mass is 10.0. The average Bonchev–Trinajstić information content (AvgIpc) is 2.42. The van der Waals surface area contributed by atoms with Gasteiger partial charge in [0.1, 0.15) is 5.75 Å². The summed E-state index contributed by atoms with van der Waals surface area (Å²) in [5.41, 5.74) is 0.880. The van der Waals surface area contributed by atoms with Crippen LogP contribution in [0.3, 0.4) is 0 Å². The highest BCUT2D eigenvalue weighted by Crippen LogP contribution is 2.43. The molecule has 0 spiro atoms. The molecule has 2 rings (SSSR count). The number of rotatable bonds is 3. The van der Waals surface area contributed by atoms with E-state index >= 15 is 0 Å². The monoisotopic (exact) mass is 456 g/mol. The summed E-state index contributed by atoms with van der Waals surface area (Å²) < 4.78 is 2.10. The summed E-state index contributed by atoms with van der Waals surface area (Å²) in [6.45, 7) is 3.59. The smallest absolute Gasteiger partial charge is 0.144 e. The highest BCUT2D eigenvalue weighted by molar-refractivity contribution is 9.11. The molecule has 1 saturated heterocycles. The number of aliphatic hydroxyl groups is 1. The number of aliphatic hydroxyl groups excluding tert-OH is 1. The maximum Gasteiger partial charge on any atom is 0.144 e. The predicted octanol–water partition coefficient (Wildman–Crippen LogP) is 2.62. The van der Waals surface area contributed by atoms with Gasteiger partial charge in [-0.15, -0.1) is 0 Å². The van der Waals surface area contributed by atoms with Crippen molar-refractivity contribution in [2.24, 2.45) is 0 Å². The van der Waals surface area contributed by atoms with Crippen molar-refractivity contribution in [2.45, 2.75) is 6.04 Å². The normalized spacial score (nSPS) is 18.5. The minimum absolute atomic E-state index is 0.0122. The fourth-order valence-corrected chi connectivity index (χ4v) is 4.93. The van der Waals surface area contributed by atoms with Crippen molar-refractivity contribution in [1.29, 1.82) is 0 Å². The fourth-order valence-electron chi connectivity index (χ4n) is 2.28. The number of aromatic hydroxyl groups is 1. The highest BCUT2D eigenvalue weighted by atomic mass is 79.9. The maximum absolute atomic E-state index is 10.0. The van der Waals surface area contributed by atoms with Crippen LogP contribution in [0.4, 0.5) is 0 Å². The van der Waals surface area contributed by atoms with Crippen LogP contribution in [0.1, 0.15) is 11.6 Å². The third-order valence-corrected chi connectivity index (χ3v) is 5.34. The lowest BCUT2D eigenvalue weighted by Gasteiger charge is -2.35. The molecule has 0 aliphatic carbocycles. The zero-order valence-electron chi connectivity index (χ0n) is 10.2. The first-order valence-electron chi connectivity index (χ1n) is 5.98. The van der Waals surface area contributed by atoms with Gasteiger partial charge in [-0.05, 0) is 37.9 Å². The second kappa shape index (κ2) is 6.87. The van der Waals surface area contributed by atoms with E-state index in [2.05, 4.69) is 58.0 Å². The largest absolute Gasteiger partial charge is 0.506 e. The zero-order valence-corrected chi connectivity index (χ0v) is 14.9. The van der Waals surface area contributed by atoms with E-state index in [0.717, 1.165) is 36.2 Å². The average molecular weight is 459 g/mol. The molecule has 1 heterocycles. The molecule has 1 aliphatic heterocycles. The number of hydrogen-bond donors (Lipinski definition) is 3. The highest BCUT2D eigenvalue weighted by Gasteiger charge is 2.27. The lowest BCUT2D eigenvalue weighted by molar-refractivity contribution is 0.110. The van der Waals surface area contributed by atoms with Crippen LogP contribution in [-0.4, -0.2) is 47.9 Å². The van der Waals surface area contributed by atoms with Crippen molar-refractivity contribution in [3.8, 4) is 5.75 Å². The van der Waals surface area contributed by atoms with Crippen LogP contribution in [0.2, 0.25) is 0 Å². The quantitative estimate of drug-likeness (QED) is 0.651. The second-order valence-corrected chi connectivity index (χ2v) is 6.90. The van der Waals surface area contributed by atoms with Crippen LogP contribution in [0.15, 0.2) is 19.5 Å². The van der Waals surface area contributed by atoms with E-state index in [0.29, 0.717) is 8.95 Å². The lowest BCUT2D eigenvalue weighted by Crippen LogP contribution is -2.46. The molecule has 4 nitrogen and oxygen atoms in total. The minimum atomic E-state index is -0.134. The van der Waals surface area contributed by atoms with Crippen molar-refractivity contribution in [2.75, 3.05) is 32.8 Å². The molecule has 0 unspecified atom stereocenters. The molecule has 19 heavy (non-hydrogen) atoms. The maximum atomic E-state index is 10.0. The first-order chi connectivity index (χ1) is 9.06. The Kier molecular flexibility index (Phi) is 5.68. The van der Waals surface area contributed by atoms with Crippen LogP contribution in [0.25, 0.3) is 0 Å². The van der Waals surface area contributed by atoms with Crippen LogP contribution in [0.5, 0.6) is 5.75 Å². The van der Waals surface area contributed by atoms with Gasteiger partial charge in [-0.2, -0.15) is 0 Å². The van der Waals surface area contributed by atoms with Crippen LogP contribution in [-0.2, 0) is 0 Å². The SMILES string of the molecule is OC[C@@H](c1c(Br)cc(Br)c(O)c1Br)N1CCNCC1. The molecule has 7 heteroatoms. The number of halogens is 3. The van der Waals surface area contributed by atoms with Gasteiger partial charge in [0.2, 0.25) is 0 Å². The van der Waals surface area contributed by atoms with Crippen molar-refractivity contribution in [1.82, 2.24) is 10.2 Å². The molecule has 1 aromatic carbocycles. The molecule has 1 fully saturated rings. The molecule has 1 aliphatic rings. The van der Waals surface area contributed by atoms with Gasteiger partial charge in [-0.3, -0.25) is 4.90 Å². The van der Waals surface area contributed by atoms with E-state index in [-0.39, 0.29) is 18.4 Å². The van der Waals surface area contributed by atoms with Gasteiger partial charge < -0.3 is 15.5 Å². The van der Waals surface area contributed by atoms with Gasteiger partial charge in [0.25, 0.3) is 0 Å². The molecule has 0 saturated carbocycles. The molecule has 3 N–H and O–H groups in total. The summed E-state index contributed by atoms with van der Waals surface area (Å²) in [4.78, 5) is 2.22. The fraction of sp³-hybridized carbons (Fsp3) is 0.500. The van der Waals surface area contributed by atoms with E-state index < -0.39 is 0 Å². The Bertz CT molecular complexity index is 465. The van der Waals surface area contributed by atoms with E-state index in [9.17, 15) is 10.2 Å². The van der Waals surface area contributed by atoms with Crippen LogP contribution < -0.4 is 5.32 Å². The number of phenols is 1. The molecular weight excluding hydrogens is 444 g/mol. The third-order valence-electron chi connectivity index (χ3n) is 3.28. The van der Waals surface area contributed by atoms with E-state index in [1.165, 1.54) is 0 Å². The topological polar surface area (TPSA) is 55.7 Å². The van der Waals surface area contributed by atoms with Gasteiger partial charge >= 0.3 is 0 Å². The van der Waals surface area contributed by atoms with Crippen molar-refractivity contribution >= 4 is 47.8 Å². The van der Waals surface area contributed by atoms with Crippen molar-refractivity contribution in [3.05, 3.63) is 25.0 Å². The number of hydrogen-bond acceptors (Lipinski definition) is 4. The molecule has 0 amide bonds. The molecular formula is C12H15Br3N2O2. The summed E-state index contributed by atoms with van der Waals surface area (Å²) in [6.07, 6.45) is 0. The number of nitrogens with zero attached hydrogens (tertiary/aromatic N) is 1. The molecule has 106 valence electrons. The van der Waals surface area contributed by atoms with Crippen LogP contribution >= 0.6 is 47.8 Å². The second-order valence-electron chi connectivity index (χ2n) is 4.40. The predicted molar refractivity (Wildman–Crippen MR) is 85.5 cm³/mol. The standard InChI is InChI=1S/C12H15Br3N2O2/c13-7-5-8(14)12(19)11(15)10(7)9(6-18)17-3-1-16-2-4-17/h5,9,16,18-19H,1-4,6H2/t9-/m0/s1. The minimum Gasteiger partial charge on any atom is -0.506 e. The number of piperazine rings is 1. The van der Waals surface area contributed by atoms with Gasteiger partial charge in [0, 0.05) is 36.2 Å². The Balaban J connectivity index is 2.40. The first kappa shape index (κ1) is 15.7. The Labute approximate surface area is 137 Å². The van der Waals surface area contributed by atoms with E-state index in [1.54, 1.807) is 6.07 Å². The molecule has 1 aromatic rings. The Morgan fingerprint density at radius 1 is 1.21 bits per heavy atom. The number of nitrogens with one attached hydrogen (secondary N) is 1. The molecule has 0 aromatic heterocycles. The summed E-state index contributed by atoms with van der Waals surface area (Å²) in [6, 6.07) is 1.67. The third kappa shape index (κ3) is 3.33. The van der Waals surface area contributed by atoms with Crippen molar-refractivity contribution in [3.63, 3.8) is 0 Å². The first-order valence-corrected chi connectivity index (χ1v) is 8.36. The van der Waals surface area contributed by atoms with Gasteiger partial charge in [-0.25, -0.2) is 0 Å².